The van der Waals surface area contributed by atoms with Gasteiger partial charge in [-0.2, -0.15) is 0 Å². The average Bonchev–Trinajstić information content (AvgIpc) is 3.33. The van der Waals surface area contributed by atoms with Crippen molar-refractivity contribution in [2.45, 2.75) is 29.8 Å². The first-order valence-electron chi connectivity index (χ1n) is 8.85. The molecule has 5 rings (SSSR count). The first-order valence-corrected chi connectivity index (χ1v) is 9.83. The van der Waals surface area contributed by atoms with Crippen LogP contribution in [0.15, 0.2) is 53.7 Å². The second kappa shape index (κ2) is 6.70. The number of aromatic nitrogens is 6. The summed E-state index contributed by atoms with van der Waals surface area (Å²) in [7, 11) is 1.67. The van der Waals surface area contributed by atoms with E-state index in [4.69, 9.17) is 9.72 Å². The molecule has 136 valence electrons. The van der Waals surface area contributed by atoms with E-state index in [1.807, 2.05) is 35.0 Å². The maximum Gasteiger partial charge on any atom is 0.210 e. The Morgan fingerprint density at radius 2 is 1.93 bits per heavy atom. The summed E-state index contributed by atoms with van der Waals surface area (Å²) in [5.74, 6) is 2.49. The molecule has 1 aliphatic rings. The molecule has 2 aromatic heterocycles. The van der Waals surface area contributed by atoms with Crippen molar-refractivity contribution in [3.63, 3.8) is 0 Å². The van der Waals surface area contributed by atoms with Gasteiger partial charge in [0.15, 0.2) is 0 Å². The average molecular weight is 378 g/mol. The minimum absolute atomic E-state index is 0.461. The first kappa shape index (κ1) is 16.3. The summed E-state index contributed by atoms with van der Waals surface area (Å²) in [4.78, 5) is 4.85. The molecule has 1 aliphatic carbocycles. The van der Waals surface area contributed by atoms with Gasteiger partial charge in [0.05, 0.1) is 29.9 Å². The lowest BCUT2D eigenvalue weighted by Gasteiger charge is -2.10. The van der Waals surface area contributed by atoms with Gasteiger partial charge in [0, 0.05) is 5.69 Å². The van der Waals surface area contributed by atoms with Crippen molar-refractivity contribution < 1.29 is 4.74 Å². The van der Waals surface area contributed by atoms with Crippen molar-refractivity contribution in [2.24, 2.45) is 0 Å². The fourth-order valence-electron chi connectivity index (χ4n) is 3.15. The van der Waals surface area contributed by atoms with Crippen LogP contribution in [0.4, 0.5) is 0 Å². The van der Waals surface area contributed by atoms with E-state index in [9.17, 15) is 0 Å². The molecule has 27 heavy (non-hydrogen) atoms. The lowest BCUT2D eigenvalue weighted by Crippen LogP contribution is -2.02. The molecular formula is C19H18N6OS. The van der Waals surface area contributed by atoms with E-state index < -0.39 is 0 Å². The summed E-state index contributed by atoms with van der Waals surface area (Å²) in [5, 5.41) is 13.0. The molecule has 0 aliphatic heterocycles. The zero-order valence-electron chi connectivity index (χ0n) is 14.8. The van der Waals surface area contributed by atoms with Crippen LogP contribution >= 0.6 is 11.8 Å². The Hall–Kier alpha value is -2.87. The van der Waals surface area contributed by atoms with E-state index in [0.717, 1.165) is 46.3 Å². The van der Waals surface area contributed by atoms with Gasteiger partial charge in [-0.25, -0.2) is 9.67 Å². The molecule has 0 atom stereocenters. The van der Waals surface area contributed by atoms with E-state index in [-0.39, 0.29) is 0 Å². The van der Waals surface area contributed by atoms with E-state index in [1.54, 1.807) is 18.9 Å². The van der Waals surface area contributed by atoms with Gasteiger partial charge in [-0.3, -0.25) is 4.57 Å². The number of hydrogen-bond acceptors (Lipinski definition) is 6. The predicted molar refractivity (Wildman–Crippen MR) is 103 cm³/mol. The summed E-state index contributed by atoms with van der Waals surface area (Å²) in [6.07, 6.45) is 2.31. The van der Waals surface area contributed by atoms with Crippen molar-refractivity contribution in [3.05, 3.63) is 54.4 Å². The molecule has 0 spiro atoms. The van der Waals surface area contributed by atoms with Gasteiger partial charge >= 0.3 is 0 Å². The van der Waals surface area contributed by atoms with Gasteiger partial charge in [-0.05, 0) is 59.7 Å². The maximum absolute atomic E-state index is 5.29. The molecule has 1 fully saturated rings. The minimum atomic E-state index is 0.461. The van der Waals surface area contributed by atoms with Crippen molar-refractivity contribution in [3.8, 4) is 11.4 Å². The molecule has 0 bridgehead atoms. The monoisotopic (exact) mass is 378 g/mol. The maximum atomic E-state index is 5.29. The number of methoxy groups -OCH3 is 1. The Labute approximate surface area is 160 Å². The zero-order valence-corrected chi connectivity index (χ0v) is 15.6. The summed E-state index contributed by atoms with van der Waals surface area (Å²) in [6, 6.07) is 16.7. The van der Waals surface area contributed by atoms with Crippen LogP contribution in [0, 0.1) is 0 Å². The molecule has 2 aromatic carbocycles. The third-order valence-corrected chi connectivity index (χ3v) is 5.58. The second-order valence-electron chi connectivity index (χ2n) is 6.48. The van der Waals surface area contributed by atoms with Gasteiger partial charge in [-0.1, -0.05) is 23.9 Å². The van der Waals surface area contributed by atoms with Crippen LogP contribution in [0.5, 0.6) is 5.75 Å². The molecule has 2 heterocycles. The summed E-state index contributed by atoms with van der Waals surface area (Å²) >= 11 is 1.63. The Morgan fingerprint density at radius 3 is 2.70 bits per heavy atom. The molecular weight excluding hydrogens is 360 g/mol. The highest BCUT2D eigenvalue weighted by molar-refractivity contribution is 7.98. The fraction of sp³-hybridized carbons (Fsp3) is 0.263. The van der Waals surface area contributed by atoms with Crippen LogP contribution in [0.25, 0.3) is 16.7 Å². The quantitative estimate of drug-likeness (QED) is 0.477. The Balaban J connectivity index is 1.51. The number of nitrogens with zero attached hydrogens (tertiary/aromatic N) is 6. The SMILES string of the molecule is COc1ccc(-n2c(CSc3nnnn3C3CC3)nc3ccccc32)cc1. The van der Waals surface area contributed by atoms with Crippen LogP contribution in [0.3, 0.4) is 0 Å². The number of hydrogen-bond donors (Lipinski definition) is 0. The normalized spacial score (nSPS) is 14.0. The number of para-hydroxylation sites is 2. The van der Waals surface area contributed by atoms with Crippen LogP contribution in [-0.2, 0) is 5.75 Å². The largest absolute Gasteiger partial charge is 0.497 e. The van der Waals surface area contributed by atoms with Crippen LogP contribution < -0.4 is 4.74 Å². The minimum Gasteiger partial charge on any atom is -0.497 e. The predicted octanol–water partition coefficient (Wildman–Crippen LogP) is 3.65. The number of imidazole rings is 1. The van der Waals surface area contributed by atoms with Gasteiger partial charge in [0.25, 0.3) is 0 Å². The summed E-state index contributed by atoms with van der Waals surface area (Å²) < 4.78 is 9.41. The summed E-state index contributed by atoms with van der Waals surface area (Å²) in [6.45, 7) is 0. The molecule has 1 saturated carbocycles. The third kappa shape index (κ3) is 3.06. The van der Waals surface area contributed by atoms with Gasteiger partial charge in [0.1, 0.15) is 11.6 Å². The molecule has 0 radical (unpaired) electrons. The van der Waals surface area contributed by atoms with E-state index in [2.05, 4.69) is 38.3 Å². The summed E-state index contributed by atoms with van der Waals surface area (Å²) in [5.41, 5.74) is 3.12. The number of fused-ring (bicyclic) bond motifs is 1. The van der Waals surface area contributed by atoms with Gasteiger partial charge in [0.2, 0.25) is 5.16 Å². The number of ether oxygens (including phenoxy) is 1. The lowest BCUT2D eigenvalue weighted by atomic mass is 10.2. The van der Waals surface area contributed by atoms with E-state index in [0.29, 0.717) is 11.8 Å². The first-order chi connectivity index (χ1) is 13.3. The Morgan fingerprint density at radius 1 is 1.11 bits per heavy atom. The molecule has 8 heteroatoms. The van der Waals surface area contributed by atoms with Crippen LogP contribution in [0.1, 0.15) is 24.7 Å². The van der Waals surface area contributed by atoms with Crippen molar-refractivity contribution in [1.82, 2.24) is 29.8 Å². The van der Waals surface area contributed by atoms with Crippen LogP contribution in [0.2, 0.25) is 0 Å². The fourth-order valence-corrected chi connectivity index (χ4v) is 4.01. The Kier molecular flexibility index (Phi) is 4.05. The molecule has 0 unspecified atom stereocenters. The van der Waals surface area contributed by atoms with Gasteiger partial charge < -0.3 is 4.74 Å². The second-order valence-corrected chi connectivity index (χ2v) is 7.42. The van der Waals surface area contributed by atoms with Crippen LogP contribution in [-0.4, -0.2) is 36.9 Å². The van der Waals surface area contributed by atoms with E-state index in [1.165, 1.54) is 0 Å². The zero-order chi connectivity index (χ0) is 18.2. The highest BCUT2D eigenvalue weighted by Gasteiger charge is 2.28. The Bertz CT molecular complexity index is 1080. The molecule has 0 saturated heterocycles. The standard InChI is InChI=1S/C19H18N6OS/c1-26-15-10-8-13(9-11-15)24-17-5-3-2-4-16(17)20-18(24)12-27-19-21-22-23-25(19)14-6-7-14/h2-5,8-11,14H,6-7,12H2,1H3. The topological polar surface area (TPSA) is 70.7 Å². The van der Waals surface area contributed by atoms with Crippen molar-refractivity contribution >= 4 is 22.8 Å². The van der Waals surface area contributed by atoms with Gasteiger partial charge in [-0.15, -0.1) is 5.10 Å². The number of thioether (sulfide) groups is 1. The number of tetrazole rings is 1. The smallest absolute Gasteiger partial charge is 0.210 e. The van der Waals surface area contributed by atoms with E-state index >= 15 is 0 Å². The lowest BCUT2D eigenvalue weighted by molar-refractivity contribution is 0.414. The molecule has 0 amide bonds. The molecule has 7 nitrogen and oxygen atoms in total. The van der Waals surface area contributed by atoms with Crippen molar-refractivity contribution in [1.29, 1.82) is 0 Å². The third-order valence-electron chi connectivity index (χ3n) is 4.65. The highest BCUT2D eigenvalue weighted by Crippen LogP contribution is 2.37. The number of rotatable bonds is 6. The molecule has 0 N–H and O–H groups in total. The highest BCUT2D eigenvalue weighted by atomic mass is 32.2. The molecule has 4 aromatic rings. The van der Waals surface area contributed by atoms with Crippen molar-refractivity contribution in [2.75, 3.05) is 7.11 Å². The number of benzene rings is 2.